The Labute approximate surface area is 136 Å². The van der Waals surface area contributed by atoms with Gasteiger partial charge in [-0.15, -0.1) is 0 Å². The number of hydrogen-bond acceptors (Lipinski definition) is 5. The van der Waals surface area contributed by atoms with E-state index in [2.05, 4.69) is 5.32 Å². The van der Waals surface area contributed by atoms with Gasteiger partial charge in [-0.3, -0.25) is 4.79 Å². The summed E-state index contributed by atoms with van der Waals surface area (Å²) in [5, 5.41) is 2.61. The smallest absolute Gasteiger partial charge is 0.246 e. The van der Waals surface area contributed by atoms with Gasteiger partial charge in [0.05, 0.1) is 13.2 Å². The fraction of sp³-hybridized carbons (Fsp3) is 0.533. The van der Waals surface area contributed by atoms with E-state index >= 15 is 0 Å². The van der Waals surface area contributed by atoms with Crippen LogP contribution in [-0.4, -0.2) is 44.9 Å². The van der Waals surface area contributed by atoms with Crippen LogP contribution < -0.4 is 15.8 Å². The minimum absolute atomic E-state index is 0.0596. The lowest BCUT2D eigenvalue weighted by atomic mass is 10.2. The molecule has 0 spiro atoms. The molecule has 1 heterocycles. The highest BCUT2D eigenvalue weighted by Crippen LogP contribution is 2.31. The van der Waals surface area contributed by atoms with Gasteiger partial charge < -0.3 is 15.8 Å². The molecule has 1 amide bonds. The molecule has 23 heavy (non-hydrogen) atoms. The number of anilines is 1. The lowest BCUT2D eigenvalue weighted by Gasteiger charge is -2.26. The fourth-order valence-electron chi connectivity index (χ4n) is 2.46. The molecule has 1 atom stereocenters. The number of methoxy groups -OCH3 is 1. The maximum absolute atomic E-state index is 12.8. The lowest BCUT2D eigenvalue weighted by molar-refractivity contribution is -0.117. The van der Waals surface area contributed by atoms with Crippen LogP contribution in [0.1, 0.15) is 26.2 Å². The van der Waals surface area contributed by atoms with Crippen molar-refractivity contribution in [1.29, 1.82) is 0 Å². The molecule has 3 N–H and O–H groups in total. The maximum Gasteiger partial charge on any atom is 0.246 e. The number of nitrogens with zero attached hydrogens (tertiary/aromatic N) is 1. The third-order valence-electron chi connectivity index (χ3n) is 3.78. The third-order valence-corrected chi connectivity index (χ3v) is 5.70. The molecule has 1 aromatic carbocycles. The van der Waals surface area contributed by atoms with Crippen LogP contribution in [0.25, 0.3) is 0 Å². The van der Waals surface area contributed by atoms with Gasteiger partial charge in [-0.25, -0.2) is 8.42 Å². The topological polar surface area (TPSA) is 102 Å². The van der Waals surface area contributed by atoms with Gasteiger partial charge in [-0.2, -0.15) is 4.31 Å². The number of sulfonamides is 1. The predicted molar refractivity (Wildman–Crippen MR) is 87.9 cm³/mol. The van der Waals surface area contributed by atoms with Gasteiger partial charge in [-0.05, 0) is 38.0 Å². The summed E-state index contributed by atoms with van der Waals surface area (Å²) in [6.07, 6.45) is 2.74. The monoisotopic (exact) mass is 341 g/mol. The van der Waals surface area contributed by atoms with Gasteiger partial charge in [0.2, 0.25) is 15.9 Å². The SMILES string of the molecule is COc1ccc(NC(=O)[C@@H](C)N)cc1S(=O)(=O)N1CCCCC1. The summed E-state index contributed by atoms with van der Waals surface area (Å²) in [6.45, 7) is 2.56. The molecule has 0 bridgehead atoms. The molecule has 0 unspecified atom stereocenters. The van der Waals surface area contributed by atoms with E-state index in [0.29, 0.717) is 18.8 Å². The first-order chi connectivity index (χ1) is 10.9. The summed E-state index contributed by atoms with van der Waals surface area (Å²) in [5.41, 5.74) is 5.90. The quantitative estimate of drug-likeness (QED) is 0.837. The predicted octanol–water partition coefficient (Wildman–Crippen LogP) is 1.16. The molecule has 8 heteroatoms. The number of ether oxygens (including phenoxy) is 1. The number of nitrogens with two attached hydrogens (primary N) is 1. The minimum Gasteiger partial charge on any atom is -0.495 e. The van der Waals surface area contributed by atoms with Crippen LogP contribution in [0, 0.1) is 0 Å². The zero-order valence-corrected chi connectivity index (χ0v) is 14.2. The first-order valence-electron chi connectivity index (χ1n) is 7.61. The van der Waals surface area contributed by atoms with Crippen molar-refractivity contribution in [2.24, 2.45) is 5.73 Å². The van der Waals surface area contributed by atoms with E-state index in [1.165, 1.54) is 23.5 Å². The molecule has 1 aliphatic rings. The first-order valence-corrected chi connectivity index (χ1v) is 9.05. The third kappa shape index (κ3) is 4.01. The second-order valence-electron chi connectivity index (χ2n) is 5.61. The summed E-state index contributed by atoms with van der Waals surface area (Å²) >= 11 is 0. The Kier molecular flexibility index (Phi) is 5.61. The molecule has 128 valence electrons. The standard InChI is InChI=1S/C15H23N3O4S/c1-11(16)15(19)17-12-6-7-13(22-2)14(10-12)23(20,21)18-8-4-3-5-9-18/h6-7,10-11H,3-5,8-9,16H2,1-2H3,(H,17,19)/t11-/m1/s1. The van der Waals surface area contributed by atoms with Gasteiger partial charge in [0.15, 0.2) is 0 Å². The molecule has 1 aromatic rings. The number of rotatable bonds is 5. The molecule has 1 saturated heterocycles. The Balaban J connectivity index is 2.36. The van der Waals surface area contributed by atoms with Crippen molar-refractivity contribution in [3.05, 3.63) is 18.2 Å². The van der Waals surface area contributed by atoms with Crippen molar-refractivity contribution >= 4 is 21.6 Å². The van der Waals surface area contributed by atoms with Crippen LogP contribution in [0.4, 0.5) is 5.69 Å². The molecular formula is C15H23N3O4S. The normalized spacial score (nSPS) is 17.5. The highest BCUT2D eigenvalue weighted by molar-refractivity contribution is 7.89. The van der Waals surface area contributed by atoms with Crippen molar-refractivity contribution in [2.75, 3.05) is 25.5 Å². The van der Waals surface area contributed by atoms with Gasteiger partial charge in [0.1, 0.15) is 10.6 Å². The fourth-order valence-corrected chi connectivity index (χ4v) is 4.16. The number of carbonyl (C=O) groups excluding carboxylic acids is 1. The van der Waals surface area contributed by atoms with Crippen LogP contribution in [0.3, 0.4) is 0 Å². The summed E-state index contributed by atoms with van der Waals surface area (Å²) in [6, 6.07) is 3.87. The van der Waals surface area contributed by atoms with E-state index in [9.17, 15) is 13.2 Å². The molecule has 7 nitrogen and oxygen atoms in total. The van der Waals surface area contributed by atoms with Crippen molar-refractivity contribution in [2.45, 2.75) is 37.1 Å². The van der Waals surface area contributed by atoms with Crippen LogP contribution in [0.5, 0.6) is 5.75 Å². The summed E-state index contributed by atoms with van der Waals surface area (Å²) in [5.74, 6) is -0.120. The zero-order chi connectivity index (χ0) is 17.0. The van der Waals surface area contributed by atoms with Gasteiger partial charge in [-0.1, -0.05) is 6.42 Å². The Morgan fingerprint density at radius 2 is 1.96 bits per heavy atom. The second-order valence-corrected chi connectivity index (χ2v) is 7.51. The van der Waals surface area contributed by atoms with E-state index in [-0.39, 0.29) is 16.6 Å². The summed E-state index contributed by atoms with van der Waals surface area (Å²) in [7, 11) is -2.24. The maximum atomic E-state index is 12.8. The average Bonchev–Trinajstić information content (AvgIpc) is 2.55. The van der Waals surface area contributed by atoms with Gasteiger partial charge >= 0.3 is 0 Å². The minimum atomic E-state index is -3.66. The van der Waals surface area contributed by atoms with Crippen LogP contribution in [0.15, 0.2) is 23.1 Å². The van der Waals surface area contributed by atoms with E-state index in [1.807, 2.05) is 0 Å². The van der Waals surface area contributed by atoms with Crippen molar-refractivity contribution in [1.82, 2.24) is 4.31 Å². The Morgan fingerprint density at radius 1 is 1.30 bits per heavy atom. The van der Waals surface area contributed by atoms with E-state index in [4.69, 9.17) is 10.5 Å². The number of nitrogens with one attached hydrogen (secondary N) is 1. The number of benzene rings is 1. The first kappa shape index (κ1) is 17.7. The molecule has 1 fully saturated rings. The lowest BCUT2D eigenvalue weighted by Crippen LogP contribution is -2.36. The van der Waals surface area contributed by atoms with Crippen molar-refractivity contribution < 1.29 is 17.9 Å². The molecule has 0 aliphatic carbocycles. The molecule has 0 radical (unpaired) electrons. The van der Waals surface area contributed by atoms with Gasteiger partial charge in [0.25, 0.3) is 0 Å². The average molecular weight is 341 g/mol. The van der Waals surface area contributed by atoms with Crippen LogP contribution in [-0.2, 0) is 14.8 Å². The van der Waals surface area contributed by atoms with Crippen LogP contribution in [0.2, 0.25) is 0 Å². The highest BCUT2D eigenvalue weighted by Gasteiger charge is 2.29. The van der Waals surface area contributed by atoms with Crippen LogP contribution >= 0.6 is 0 Å². The molecule has 0 saturated carbocycles. The number of hydrogen-bond donors (Lipinski definition) is 2. The van der Waals surface area contributed by atoms with E-state index in [1.54, 1.807) is 13.0 Å². The molecular weight excluding hydrogens is 318 g/mol. The Hall–Kier alpha value is -1.64. The number of carbonyl (C=O) groups is 1. The number of piperidine rings is 1. The summed E-state index contributed by atoms with van der Waals surface area (Å²) in [4.78, 5) is 11.8. The highest BCUT2D eigenvalue weighted by atomic mass is 32.2. The molecule has 1 aliphatic heterocycles. The van der Waals surface area contributed by atoms with E-state index in [0.717, 1.165) is 19.3 Å². The largest absolute Gasteiger partial charge is 0.495 e. The molecule has 2 rings (SSSR count). The second kappa shape index (κ2) is 7.29. The van der Waals surface area contributed by atoms with E-state index < -0.39 is 16.1 Å². The Morgan fingerprint density at radius 3 is 2.52 bits per heavy atom. The Bertz CT molecular complexity index is 667. The summed E-state index contributed by atoms with van der Waals surface area (Å²) < 4.78 is 32.3. The zero-order valence-electron chi connectivity index (χ0n) is 13.4. The van der Waals surface area contributed by atoms with Crippen molar-refractivity contribution in [3.8, 4) is 5.75 Å². The van der Waals surface area contributed by atoms with Crippen molar-refractivity contribution in [3.63, 3.8) is 0 Å². The van der Waals surface area contributed by atoms with Gasteiger partial charge in [0, 0.05) is 18.8 Å². The molecule has 0 aromatic heterocycles. The number of amides is 1.